The molecule has 1 heterocycles. The van der Waals surface area contributed by atoms with Gasteiger partial charge in [-0.15, -0.1) is 0 Å². The molecule has 0 aromatic heterocycles. The summed E-state index contributed by atoms with van der Waals surface area (Å²) in [5.74, 6) is -0.725. The number of hydrogen-bond donors (Lipinski definition) is 0. The van der Waals surface area contributed by atoms with E-state index in [0.717, 1.165) is 12.8 Å². The molecule has 0 spiro atoms. The van der Waals surface area contributed by atoms with E-state index >= 15 is 0 Å². The summed E-state index contributed by atoms with van der Waals surface area (Å²) < 4.78 is 13.0. The summed E-state index contributed by atoms with van der Waals surface area (Å²) in [6.07, 6.45) is 1.53. The van der Waals surface area contributed by atoms with Gasteiger partial charge in [-0.3, -0.25) is 9.59 Å². The van der Waals surface area contributed by atoms with Crippen molar-refractivity contribution in [3.05, 3.63) is 70.5 Å². The van der Waals surface area contributed by atoms with Crippen LogP contribution in [0.25, 0.3) is 0 Å². The third kappa shape index (κ3) is 3.65. The van der Waals surface area contributed by atoms with Gasteiger partial charge in [-0.05, 0) is 61.4 Å². The first-order valence-electron chi connectivity index (χ1n) is 7.89. The van der Waals surface area contributed by atoms with Crippen molar-refractivity contribution < 1.29 is 14.0 Å². The molecule has 0 aliphatic carbocycles. The number of carbonyl (C=O) groups excluding carboxylic acids is 2. The van der Waals surface area contributed by atoms with Crippen LogP contribution < -0.4 is 0 Å². The van der Waals surface area contributed by atoms with Crippen molar-refractivity contribution in [2.45, 2.75) is 12.8 Å². The fraction of sp³-hybridized carbons (Fsp3) is 0.263. The second kappa shape index (κ2) is 7.14. The van der Waals surface area contributed by atoms with Gasteiger partial charge in [0.1, 0.15) is 5.82 Å². The lowest BCUT2D eigenvalue weighted by Gasteiger charge is -2.32. The van der Waals surface area contributed by atoms with Crippen LogP contribution in [0.4, 0.5) is 4.39 Å². The number of carbonyl (C=O) groups is 2. The van der Waals surface area contributed by atoms with Gasteiger partial charge in [0.05, 0.1) is 0 Å². The van der Waals surface area contributed by atoms with Crippen molar-refractivity contribution >= 4 is 23.3 Å². The van der Waals surface area contributed by atoms with Crippen molar-refractivity contribution in [3.8, 4) is 0 Å². The topological polar surface area (TPSA) is 37.4 Å². The molecule has 1 unspecified atom stereocenters. The maximum absolute atomic E-state index is 13.0. The highest BCUT2D eigenvalue weighted by atomic mass is 35.5. The van der Waals surface area contributed by atoms with E-state index in [9.17, 15) is 14.0 Å². The number of Topliss-reactive ketones (excluding diaryl/α,β-unsaturated/α-hetero) is 1. The number of halogens is 2. The summed E-state index contributed by atoms with van der Waals surface area (Å²) in [6, 6.07) is 12.3. The second-order valence-corrected chi connectivity index (χ2v) is 6.40. The van der Waals surface area contributed by atoms with Crippen molar-refractivity contribution in [2.75, 3.05) is 13.1 Å². The van der Waals surface area contributed by atoms with Gasteiger partial charge in [-0.1, -0.05) is 11.6 Å². The number of benzene rings is 2. The van der Waals surface area contributed by atoms with Gasteiger partial charge in [0, 0.05) is 35.2 Å². The van der Waals surface area contributed by atoms with Gasteiger partial charge >= 0.3 is 0 Å². The molecule has 1 atom stereocenters. The summed E-state index contributed by atoms with van der Waals surface area (Å²) in [5, 5.41) is 0.586. The summed E-state index contributed by atoms with van der Waals surface area (Å²) in [5.41, 5.74) is 1.05. The number of piperidine rings is 1. The molecule has 0 radical (unpaired) electrons. The van der Waals surface area contributed by atoms with Crippen LogP contribution in [0.15, 0.2) is 48.5 Å². The predicted molar refractivity (Wildman–Crippen MR) is 90.8 cm³/mol. The molecule has 1 saturated heterocycles. The largest absolute Gasteiger partial charge is 0.338 e. The molecule has 2 aromatic rings. The lowest BCUT2D eigenvalue weighted by molar-refractivity contribution is 0.0637. The van der Waals surface area contributed by atoms with Crippen molar-refractivity contribution in [2.24, 2.45) is 5.92 Å². The average Bonchev–Trinajstić information content (AvgIpc) is 2.62. The molecule has 1 amide bonds. The number of amides is 1. The zero-order valence-corrected chi connectivity index (χ0v) is 13.8. The lowest BCUT2D eigenvalue weighted by atomic mass is 9.89. The van der Waals surface area contributed by atoms with Gasteiger partial charge in [0.2, 0.25) is 0 Å². The minimum absolute atomic E-state index is 0.0308. The van der Waals surface area contributed by atoms with Crippen molar-refractivity contribution in [1.82, 2.24) is 4.90 Å². The van der Waals surface area contributed by atoms with Crippen LogP contribution in [0.5, 0.6) is 0 Å². The molecule has 1 aliphatic rings. The molecule has 0 N–H and O–H groups in total. The van der Waals surface area contributed by atoms with E-state index < -0.39 is 0 Å². The Labute approximate surface area is 145 Å². The third-order valence-corrected chi connectivity index (χ3v) is 4.55. The quantitative estimate of drug-likeness (QED) is 0.781. The van der Waals surface area contributed by atoms with Crippen LogP contribution >= 0.6 is 11.6 Å². The molecule has 124 valence electrons. The fourth-order valence-corrected chi connectivity index (χ4v) is 3.13. The minimum Gasteiger partial charge on any atom is -0.338 e. The van der Waals surface area contributed by atoms with E-state index in [1.165, 1.54) is 24.3 Å². The minimum atomic E-state index is -0.374. The summed E-state index contributed by atoms with van der Waals surface area (Å²) in [6.45, 7) is 0.998. The lowest BCUT2D eigenvalue weighted by Crippen LogP contribution is -2.42. The Morgan fingerprint density at radius 1 is 1.00 bits per heavy atom. The van der Waals surface area contributed by atoms with Gasteiger partial charge in [0.25, 0.3) is 5.91 Å². The normalized spacial score (nSPS) is 17.6. The van der Waals surface area contributed by atoms with Gasteiger partial charge < -0.3 is 4.90 Å². The highest BCUT2D eigenvalue weighted by molar-refractivity contribution is 6.30. The highest BCUT2D eigenvalue weighted by Gasteiger charge is 2.29. The van der Waals surface area contributed by atoms with E-state index in [2.05, 4.69) is 0 Å². The van der Waals surface area contributed by atoms with E-state index in [0.29, 0.717) is 29.2 Å². The summed E-state index contributed by atoms with van der Waals surface area (Å²) in [7, 11) is 0. The van der Waals surface area contributed by atoms with Gasteiger partial charge in [-0.25, -0.2) is 4.39 Å². The first-order valence-corrected chi connectivity index (χ1v) is 8.27. The zero-order valence-electron chi connectivity index (χ0n) is 13.0. The number of nitrogens with zero attached hydrogens (tertiary/aromatic N) is 1. The van der Waals surface area contributed by atoms with Crippen LogP contribution in [-0.4, -0.2) is 29.7 Å². The van der Waals surface area contributed by atoms with Crippen LogP contribution in [0.2, 0.25) is 5.02 Å². The smallest absolute Gasteiger partial charge is 0.253 e. The first kappa shape index (κ1) is 16.7. The number of likely N-dealkylation sites (tertiary alicyclic amines) is 1. The molecule has 1 aliphatic heterocycles. The Morgan fingerprint density at radius 3 is 2.29 bits per heavy atom. The van der Waals surface area contributed by atoms with Crippen LogP contribution in [0.3, 0.4) is 0 Å². The molecule has 24 heavy (non-hydrogen) atoms. The maximum Gasteiger partial charge on any atom is 0.253 e. The average molecular weight is 346 g/mol. The third-order valence-electron chi connectivity index (χ3n) is 4.30. The summed E-state index contributed by atoms with van der Waals surface area (Å²) >= 11 is 5.85. The molecule has 2 aromatic carbocycles. The Hall–Kier alpha value is -2.20. The summed E-state index contributed by atoms with van der Waals surface area (Å²) in [4.78, 5) is 26.8. The van der Waals surface area contributed by atoms with Crippen LogP contribution in [-0.2, 0) is 0 Å². The van der Waals surface area contributed by atoms with Gasteiger partial charge in [-0.2, -0.15) is 0 Å². The second-order valence-electron chi connectivity index (χ2n) is 5.97. The molecule has 0 saturated carbocycles. The molecular formula is C19H17ClFNO2. The van der Waals surface area contributed by atoms with E-state index in [1.807, 2.05) is 0 Å². The number of hydrogen-bond acceptors (Lipinski definition) is 2. The number of rotatable bonds is 3. The van der Waals surface area contributed by atoms with Crippen molar-refractivity contribution in [1.29, 1.82) is 0 Å². The van der Waals surface area contributed by atoms with Crippen molar-refractivity contribution in [3.63, 3.8) is 0 Å². The monoisotopic (exact) mass is 345 g/mol. The first-order chi connectivity index (χ1) is 11.5. The molecule has 1 fully saturated rings. The standard InChI is InChI=1S/C19H17ClFNO2/c20-16-7-3-13(4-8-16)18(23)15-2-1-11-22(12-15)19(24)14-5-9-17(21)10-6-14/h3-10,15H,1-2,11-12H2. The molecule has 0 bridgehead atoms. The Bertz CT molecular complexity index is 679. The maximum atomic E-state index is 13.0. The molecule has 3 nitrogen and oxygen atoms in total. The fourth-order valence-electron chi connectivity index (χ4n) is 3.00. The highest BCUT2D eigenvalue weighted by Crippen LogP contribution is 2.23. The van der Waals surface area contributed by atoms with Crippen LogP contribution in [0.1, 0.15) is 33.6 Å². The van der Waals surface area contributed by atoms with E-state index in [-0.39, 0.29) is 23.4 Å². The predicted octanol–water partition coefficient (Wildman–Crippen LogP) is 4.21. The Kier molecular flexibility index (Phi) is 4.95. The molecule has 3 rings (SSSR count). The number of ketones is 1. The molecule has 5 heteroatoms. The zero-order chi connectivity index (χ0) is 17.1. The van der Waals surface area contributed by atoms with Gasteiger partial charge in [0.15, 0.2) is 5.78 Å². The Balaban J connectivity index is 1.71. The van der Waals surface area contributed by atoms with E-state index in [1.54, 1.807) is 29.2 Å². The van der Waals surface area contributed by atoms with Crippen LogP contribution in [0, 0.1) is 11.7 Å². The SMILES string of the molecule is O=C(c1ccc(Cl)cc1)C1CCCN(C(=O)c2ccc(F)cc2)C1. The van der Waals surface area contributed by atoms with E-state index in [4.69, 9.17) is 11.6 Å². The Morgan fingerprint density at radius 2 is 1.62 bits per heavy atom. The molecular weight excluding hydrogens is 329 g/mol.